The van der Waals surface area contributed by atoms with Crippen molar-refractivity contribution in [2.24, 2.45) is 47.3 Å². The smallest absolute Gasteiger partial charge is 0.138 e. The first-order valence-corrected chi connectivity index (χ1v) is 13.0. The van der Waals surface area contributed by atoms with E-state index in [0.29, 0.717) is 17.6 Å². The van der Waals surface area contributed by atoms with Crippen molar-refractivity contribution in [1.82, 2.24) is 0 Å². The molecule has 0 spiro atoms. The van der Waals surface area contributed by atoms with Gasteiger partial charge in [-0.2, -0.15) is 0 Å². The number of rotatable bonds is 7. The lowest BCUT2D eigenvalue weighted by molar-refractivity contribution is -0.128. The molecule has 0 amide bonds. The van der Waals surface area contributed by atoms with E-state index in [-0.39, 0.29) is 0 Å². The fourth-order valence-electron chi connectivity index (χ4n) is 6.78. The van der Waals surface area contributed by atoms with Crippen molar-refractivity contribution in [1.29, 1.82) is 0 Å². The highest BCUT2D eigenvalue weighted by atomic mass is 16.1. The Morgan fingerprint density at radius 1 is 0.679 bits per heavy atom. The average Bonchev–Trinajstić information content (AvgIpc) is 2.72. The molecule has 0 radical (unpaired) electrons. The molecule has 0 heterocycles. The number of carbonyl (C=O) groups is 1. The Balaban J connectivity index is 1.36. The van der Waals surface area contributed by atoms with E-state index in [1.807, 2.05) is 0 Å². The Bertz CT molecular complexity index is 459. The molecule has 0 aliphatic heterocycles. The van der Waals surface area contributed by atoms with Crippen molar-refractivity contribution >= 4 is 5.78 Å². The highest BCUT2D eigenvalue weighted by Crippen LogP contribution is 2.42. The Morgan fingerprint density at radius 2 is 1.14 bits per heavy atom. The van der Waals surface area contributed by atoms with Crippen LogP contribution in [0.15, 0.2) is 0 Å². The van der Waals surface area contributed by atoms with Crippen LogP contribution in [0.2, 0.25) is 0 Å². The highest BCUT2D eigenvalue weighted by molar-refractivity contribution is 5.83. The summed E-state index contributed by atoms with van der Waals surface area (Å²) in [6.07, 6.45) is 18.9. The van der Waals surface area contributed by atoms with Crippen LogP contribution in [0, 0.1) is 47.3 Å². The van der Waals surface area contributed by atoms with Gasteiger partial charge in [0, 0.05) is 11.8 Å². The SMILES string of the molecule is CC1CCC(C(C)CCC(C)C(=O)C2CCC(C3CCC(C)CC3)CC2)CC1. The van der Waals surface area contributed by atoms with Crippen LogP contribution in [0.3, 0.4) is 0 Å². The van der Waals surface area contributed by atoms with Crippen LogP contribution < -0.4 is 0 Å². The fourth-order valence-corrected chi connectivity index (χ4v) is 6.78. The van der Waals surface area contributed by atoms with Gasteiger partial charge in [0.25, 0.3) is 0 Å². The summed E-state index contributed by atoms with van der Waals surface area (Å²) in [5, 5.41) is 0. The van der Waals surface area contributed by atoms with E-state index >= 15 is 0 Å². The molecular formula is C27H48O. The van der Waals surface area contributed by atoms with Gasteiger partial charge >= 0.3 is 0 Å². The van der Waals surface area contributed by atoms with Crippen molar-refractivity contribution in [3.8, 4) is 0 Å². The van der Waals surface area contributed by atoms with Crippen molar-refractivity contribution in [3.63, 3.8) is 0 Å². The van der Waals surface area contributed by atoms with Crippen molar-refractivity contribution in [2.75, 3.05) is 0 Å². The van der Waals surface area contributed by atoms with Gasteiger partial charge in [-0.1, -0.05) is 53.4 Å². The van der Waals surface area contributed by atoms with Gasteiger partial charge in [0.05, 0.1) is 0 Å². The maximum Gasteiger partial charge on any atom is 0.138 e. The van der Waals surface area contributed by atoms with Gasteiger partial charge in [-0.15, -0.1) is 0 Å². The minimum Gasteiger partial charge on any atom is -0.299 e. The van der Waals surface area contributed by atoms with E-state index in [2.05, 4.69) is 27.7 Å². The lowest BCUT2D eigenvalue weighted by Crippen LogP contribution is -2.30. The monoisotopic (exact) mass is 388 g/mol. The van der Waals surface area contributed by atoms with Gasteiger partial charge in [-0.05, 0) is 99.7 Å². The predicted octanol–water partition coefficient (Wildman–Crippen LogP) is 8.07. The van der Waals surface area contributed by atoms with Crippen LogP contribution >= 0.6 is 0 Å². The number of carbonyl (C=O) groups excluding carboxylic acids is 1. The number of Topliss-reactive ketones (excluding diaryl/α,β-unsaturated/α-hetero) is 1. The molecule has 2 unspecified atom stereocenters. The molecule has 3 aliphatic rings. The first-order chi connectivity index (χ1) is 13.4. The molecular weight excluding hydrogens is 340 g/mol. The van der Waals surface area contributed by atoms with Crippen molar-refractivity contribution in [2.45, 2.75) is 118 Å². The molecule has 3 fully saturated rings. The summed E-state index contributed by atoms with van der Waals surface area (Å²) in [6.45, 7) is 9.51. The molecule has 0 aromatic carbocycles. The Kier molecular flexibility index (Phi) is 8.48. The molecule has 1 nitrogen and oxygen atoms in total. The van der Waals surface area contributed by atoms with E-state index in [1.54, 1.807) is 0 Å². The van der Waals surface area contributed by atoms with Crippen molar-refractivity contribution < 1.29 is 4.79 Å². The largest absolute Gasteiger partial charge is 0.299 e. The third kappa shape index (κ3) is 6.09. The molecule has 28 heavy (non-hydrogen) atoms. The summed E-state index contributed by atoms with van der Waals surface area (Å²) in [4.78, 5) is 13.1. The first kappa shape index (κ1) is 22.4. The number of hydrogen-bond donors (Lipinski definition) is 0. The third-order valence-electron chi connectivity index (χ3n) is 9.31. The Morgan fingerprint density at radius 3 is 1.68 bits per heavy atom. The molecule has 0 aromatic rings. The second-order valence-electron chi connectivity index (χ2n) is 11.5. The van der Waals surface area contributed by atoms with Crippen molar-refractivity contribution in [3.05, 3.63) is 0 Å². The van der Waals surface area contributed by atoms with Crippen LogP contribution in [0.5, 0.6) is 0 Å². The maximum absolute atomic E-state index is 13.1. The third-order valence-corrected chi connectivity index (χ3v) is 9.31. The summed E-state index contributed by atoms with van der Waals surface area (Å²) < 4.78 is 0. The van der Waals surface area contributed by atoms with Gasteiger partial charge in [-0.3, -0.25) is 4.79 Å². The van der Waals surface area contributed by atoms with E-state index in [0.717, 1.165) is 41.9 Å². The van der Waals surface area contributed by atoms with Crippen LogP contribution in [0.1, 0.15) is 118 Å². The minimum atomic E-state index is 0.294. The standard InChI is InChI=1S/C27H48O/c1-19-5-11-23(12-6-19)21(3)9-10-22(4)27(28)26-17-15-25(16-18-26)24-13-7-20(2)8-14-24/h19-26H,5-18H2,1-4H3. The molecule has 1 heteroatoms. The number of ketones is 1. The molecule has 162 valence electrons. The minimum absolute atomic E-state index is 0.294. The number of hydrogen-bond acceptors (Lipinski definition) is 1. The summed E-state index contributed by atoms with van der Waals surface area (Å²) in [5.74, 6) is 6.83. The van der Waals surface area contributed by atoms with E-state index in [9.17, 15) is 4.79 Å². The molecule has 0 saturated heterocycles. The van der Waals surface area contributed by atoms with E-state index < -0.39 is 0 Å². The molecule has 3 rings (SSSR count). The summed E-state index contributed by atoms with van der Waals surface area (Å²) in [6, 6.07) is 0. The van der Waals surface area contributed by atoms with Gasteiger partial charge in [0.2, 0.25) is 0 Å². The summed E-state index contributed by atoms with van der Waals surface area (Å²) in [7, 11) is 0. The Labute approximate surface area is 175 Å². The van der Waals surface area contributed by atoms with Crippen LogP contribution in [-0.2, 0) is 4.79 Å². The van der Waals surface area contributed by atoms with Crippen LogP contribution in [0.4, 0.5) is 0 Å². The normalized spacial score (nSPS) is 39.3. The molecule has 0 bridgehead atoms. The highest BCUT2D eigenvalue weighted by Gasteiger charge is 2.33. The predicted molar refractivity (Wildman–Crippen MR) is 120 cm³/mol. The summed E-state index contributed by atoms with van der Waals surface area (Å²) >= 11 is 0. The van der Waals surface area contributed by atoms with E-state index in [1.165, 1.54) is 83.5 Å². The topological polar surface area (TPSA) is 17.1 Å². The fraction of sp³-hybridized carbons (Fsp3) is 0.963. The lowest BCUT2D eigenvalue weighted by atomic mass is 9.68. The van der Waals surface area contributed by atoms with Crippen LogP contribution in [-0.4, -0.2) is 5.78 Å². The lowest BCUT2D eigenvalue weighted by Gasteiger charge is -2.37. The maximum atomic E-state index is 13.1. The van der Waals surface area contributed by atoms with Gasteiger partial charge < -0.3 is 0 Å². The molecule has 3 saturated carbocycles. The van der Waals surface area contributed by atoms with Gasteiger partial charge in [0.15, 0.2) is 0 Å². The second-order valence-corrected chi connectivity index (χ2v) is 11.5. The molecule has 0 N–H and O–H groups in total. The van der Waals surface area contributed by atoms with E-state index in [4.69, 9.17) is 0 Å². The molecule has 2 atom stereocenters. The van der Waals surface area contributed by atoms with Crippen LogP contribution in [0.25, 0.3) is 0 Å². The molecule has 0 aromatic heterocycles. The zero-order chi connectivity index (χ0) is 20.1. The van der Waals surface area contributed by atoms with Gasteiger partial charge in [0.1, 0.15) is 5.78 Å². The average molecular weight is 389 g/mol. The Hall–Kier alpha value is -0.330. The first-order valence-electron chi connectivity index (χ1n) is 13.0. The molecule has 3 aliphatic carbocycles. The zero-order valence-electron chi connectivity index (χ0n) is 19.4. The summed E-state index contributed by atoms with van der Waals surface area (Å²) in [5.41, 5.74) is 0. The quantitative estimate of drug-likeness (QED) is 0.431. The zero-order valence-corrected chi connectivity index (χ0v) is 19.4. The second kappa shape index (κ2) is 10.6. The van der Waals surface area contributed by atoms with Gasteiger partial charge in [-0.25, -0.2) is 0 Å².